The van der Waals surface area contributed by atoms with Gasteiger partial charge in [-0.25, -0.2) is 15.0 Å². The van der Waals surface area contributed by atoms with Crippen LogP contribution in [0.25, 0.3) is 44.9 Å². The molecule has 31 heavy (non-hydrogen) atoms. The first-order valence-electron chi connectivity index (χ1n) is 9.85. The molecule has 147 valence electrons. The van der Waals surface area contributed by atoms with Crippen molar-refractivity contribution in [1.82, 2.24) is 15.0 Å². The van der Waals surface area contributed by atoms with Gasteiger partial charge < -0.3 is 9.68 Å². The monoisotopic (exact) mass is 402 g/mol. The van der Waals surface area contributed by atoms with Crippen LogP contribution in [0.3, 0.4) is 0 Å². The second-order valence-corrected chi connectivity index (χ2v) is 6.92. The topological polar surface area (TPSA) is 68.1 Å². The normalized spacial score (nSPS) is 10.7. The number of nitrogens with zero attached hydrogens (tertiary/aromatic N) is 3. The van der Waals surface area contributed by atoms with Gasteiger partial charge in [0, 0.05) is 22.1 Å². The zero-order valence-electron chi connectivity index (χ0n) is 16.5. The molecule has 5 nitrogen and oxygen atoms in total. The summed E-state index contributed by atoms with van der Waals surface area (Å²) >= 11 is 0. The van der Waals surface area contributed by atoms with Crippen molar-refractivity contribution in [3.8, 4) is 39.9 Å². The first-order chi connectivity index (χ1) is 15.3. The third kappa shape index (κ3) is 3.76. The first-order valence-corrected chi connectivity index (χ1v) is 9.85. The summed E-state index contributed by atoms with van der Waals surface area (Å²) in [7, 11) is 0.686. The summed E-state index contributed by atoms with van der Waals surface area (Å²) in [6.45, 7) is 0. The maximum Gasteiger partial charge on any atom is 0.569 e. The van der Waals surface area contributed by atoms with Crippen LogP contribution in [-0.4, -0.2) is 27.7 Å². The van der Waals surface area contributed by atoms with E-state index in [9.17, 15) is 0 Å². The van der Waals surface area contributed by atoms with Crippen molar-refractivity contribution in [1.29, 1.82) is 0 Å². The zero-order chi connectivity index (χ0) is 21.0. The van der Waals surface area contributed by atoms with Crippen LogP contribution in [0.1, 0.15) is 0 Å². The summed E-state index contributed by atoms with van der Waals surface area (Å²) in [5.74, 6) is 2.35. The van der Waals surface area contributed by atoms with Gasteiger partial charge in [-0.15, -0.1) is 0 Å². The fraction of sp³-hybridized carbons (Fsp3) is 0. The first kappa shape index (κ1) is 19.0. The van der Waals surface area contributed by atoms with Gasteiger partial charge >= 0.3 is 7.69 Å². The lowest BCUT2D eigenvalue weighted by atomic mass is 10.0. The molecule has 5 aromatic rings. The van der Waals surface area contributed by atoms with E-state index < -0.39 is 0 Å². The van der Waals surface area contributed by atoms with Crippen molar-refractivity contribution in [2.75, 3.05) is 0 Å². The second-order valence-electron chi connectivity index (χ2n) is 6.92. The van der Waals surface area contributed by atoms with E-state index in [2.05, 4.69) is 0 Å². The SMILES string of the molecule is O[B]Oc1ccc(-c2nc(-c3ccccc3)nc(-c3ccccc3)n2)c2ccccc12. The van der Waals surface area contributed by atoms with Crippen molar-refractivity contribution in [3.05, 3.63) is 97.1 Å². The summed E-state index contributed by atoms with van der Waals surface area (Å²) < 4.78 is 5.27. The Hall–Kier alpha value is -4.03. The zero-order valence-corrected chi connectivity index (χ0v) is 16.5. The van der Waals surface area contributed by atoms with Crippen molar-refractivity contribution >= 4 is 18.5 Å². The standard InChI is InChI=1S/C25H17BN3O2/c30-26-31-22-16-15-21(19-13-7-8-14-20(19)22)25-28-23(17-9-3-1-4-10-17)27-24(29-25)18-11-5-2-6-12-18/h1-16,30H. The van der Waals surface area contributed by atoms with Gasteiger partial charge in [0.1, 0.15) is 5.75 Å². The molecule has 1 N–H and O–H groups in total. The van der Waals surface area contributed by atoms with Gasteiger partial charge in [0.25, 0.3) is 0 Å². The Morgan fingerprint density at radius 1 is 0.548 bits per heavy atom. The molecule has 0 aliphatic rings. The molecule has 0 fully saturated rings. The van der Waals surface area contributed by atoms with Gasteiger partial charge in [-0.1, -0.05) is 84.9 Å². The lowest BCUT2D eigenvalue weighted by molar-refractivity contribution is 0.457. The largest absolute Gasteiger partial charge is 0.569 e. The predicted octanol–water partition coefficient (Wildman–Crippen LogP) is 4.93. The molecule has 1 heterocycles. The van der Waals surface area contributed by atoms with Gasteiger partial charge in [0.2, 0.25) is 0 Å². The Bertz CT molecular complexity index is 1290. The summed E-state index contributed by atoms with van der Waals surface area (Å²) in [4.78, 5) is 14.4. The number of fused-ring (bicyclic) bond motifs is 1. The Kier molecular flexibility index (Phi) is 5.13. The van der Waals surface area contributed by atoms with Crippen LogP contribution in [0.15, 0.2) is 97.1 Å². The Morgan fingerprint density at radius 3 is 1.65 bits per heavy atom. The number of benzene rings is 4. The summed E-state index contributed by atoms with van der Waals surface area (Å²) in [6.07, 6.45) is 0. The van der Waals surface area contributed by atoms with Gasteiger partial charge in [-0.05, 0) is 17.5 Å². The summed E-state index contributed by atoms with van der Waals surface area (Å²) in [5.41, 5.74) is 2.70. The van der Waals surface area contributed by atoms with Crippen LogP contribution in [0, 0.1) is 0 Å². The Labute approximate surface area is 180 Å². The average molecular weight is 402 g/mol. The quantitative estimate of drug-likeness (QED) is 0.422. The molecule has 6 heteroatoms. The van der Waals surface area contributed by atoms with E-state index >= 15 is 0 Å². The third-order valence-electron chi connectivity index (χ3n) is 5.00. The van der Waals surface area contributed by atoms with E-state index in [-0.39, 0.29) is 0 Å². The summed E-state index contributed by atoms with van der Waals surface area (Å²) in [6, 6.07) is 31.3. The maximum absolute atomic E-state index is 9.11. The molecule has 0 atom stereocenters. The van der Waals surface area contributed by atoms with Crippen molar-refractivity contribution in [3.63, 3.8) is 0 Å². The molecule has 0 saturated heterocycles. The highest BCUT2D eigenvalue weighted by atomic mass is 16.5. The van der Waals surface area contributed by atoms with Crippen LogP contribution in [0.4, 0.5) is 0 Å². The smallest absolute Gasteiger partial charge is 0.537 e. The molecule has 1 aromatic heterocycles. The molecule has 1 radical (unpaired) electrons. The highest BCUT2D eigenvalue weighted by molar-refractivity contribution is 6.18. The molecule has 0 unspecified atom stereocenters. The maximum atomic E-state index is 9.11. The number of aromatic nitrogens is 3. The molecule has 0 aliphatic heterocycles. The number of hydrogen-bond donors (Lipinski definition) is 1. The van der Waals surface area contributed by atoms with E-state index in [1.54, 1.807) is 6.07 Å². The fourth-order valence-corrected chi connectivity index (χ4v) is 3.55. The molecular weight excluding hydrogens is 385 g/mol. The average Bonchev–Trinajstić information content (AvgIpc) is 2.85. The molecule has 0 bridgehead atoms. The van der Waals surface area contributed by atoms with Crippen molar-refractivity contribution in [2.24, 2.45) is 0 Å². The predicted molar refractivity (Wildman–Crippen MR) is 122 cm³/mol. The molecular formula is C25H17BN3O2. The van der Waals surface area contributed by atoms with Crippen LogP contribution >= 0.6 is 0 Å². The van der Waals surface area contributed by atoms with Gasteiger partial charge in [-0.3, -0.25) is 0 Å². The molecule has 0 saturated carbocycles. The Balaban J connectivity index is 1.75. The number of rotatable bonds is 5. The van der Waals surface area contributed by atoms with E-state index in [0.29, 0.717) is 30.9 Å². The molecule has 5 rings (SSSR count). The molecule has 4 aromatic carbocycles. The lowest BCUT2D eigenvalue weighted by Crippen LogP contribution is -2.02. The van der Waals surface area contributed by atoms with Crippen molar-refractivity contribution < 1.29 is 9.68 Å². The van der Waals surface area contributed by atoms with Crippen molar-refractivity contribution in [2.45, 2.75) is 0 Å². The summed E-state index contributed by atoms with van der Waals surface area (Å²) in [5, 5.41) is 10.9. The molecule has 0 amide bonds. The van der Waals surface area contributed by atoms with Gasteiger partial charge in [0.15, 0.2) is 17.5 Å². The minimum Gasteiger partial charge on any atom is -0.537 e. The highest BCUT2D eigenvalue weighted by Gasteiger charge is 2.15. The minimum atomic E-state index is 0.558. The minimum absolute atomic E-state index is 0.558. The Morgan fingerprint density at radius 2 is 1.06 bits per heavy atom. The van der Waals surface area contributed by atoms with Crippen LogP contribution in [0.5, 0.6) is 5.75 Å². The molecule has 0 spiro atoms. The third-order valence-corrected chi connectivity index (χ3v) is 5.00. The van der Waals surface area contributed by atoms with Crippen LogP contribution in [-0.2, 0) is 0 Å². The number of hydrogen-bond acceptors (Lipinski definition) is 5. The van der Waals surface area contributed by atoms with E-state index in [1.807, 2.05) is 91.0 Å². The van der Waals surface area contributed by atoms with Crippen LogP contribution < -0.4 is 4.65 Å². The van der Waals surface area contributed by atoms with Crippen LogP contribution in [0.2, 0.25) is 0 Å². The van der Waals surface area contributed by atoms with E-state index in [1.165, 1.54) is 0 Å². The van der Waals surface area contributed by atoms with Gasteiger partial charge in [-0.2, -0.15) is 0 Å². The second kappa shape index (κ2) is 8.38. The lowest BCUT2D eigenvalue weighted by Gasteiger charge is -2.12. The van der Waals surface area contributed by atoms with Gasteiger partial charge in [0.05, 0.1) is 0 Å². The molecule has 0 aliphatic carbocycles. The van der Waals surface area contributed by atoms with E-state index in [4.69, 9.17) is 24.6 Å². The highest BCUT2D eigenvalue weighted by Crippen LogP contribution is 2.34. The fourth-order valence-electron chi connectivity index (χ4n) is 3.55. The van der Waals surface area contributed by atoms with E-state index in [0.717, 1.165) is 27.5 Å².